The minimum Gasteiger partial charge on any atom is -0.465 e. The molecule has 0 spiro atoms. The molecule has 2 heterocycles. The molecule has 7 nitrogen and oxygen atoms in total. The Morgan fingerprint density at radius 1 is 1.38 bits per heavy atom. The SMILES string of the molecule is CCOCc1nc2cnc3cc(Br)ccc3c2n1CC(C)(C)NC(=O)O. The Morgan fingerprint density at radius 3 is 2.85 bits per heavy atom. The molecule has 0 saturated carbocycles. The maximum Gasteiger partial charge on any atom is 0.405 e. The summed E-state index contributed by atoms with van der Waals surface area (Å²) in [6.07, 6.45) is 0.689. The van der Waals surface area contributed by atoms with E-state index in [0.717, 1.165) is 32.2 Å². The Morgan fingerprint density at radius 2 is 2.15 bits per heavy atom. The van der Waals surface area contributed by atoms with Crippen molar-refractivity contribution in [1.29, 1.82) is 0 Å². The maximum absolute atomic E-state index is 11.1. The lowest BCUT2D eigenvalue weighted by atomic mass is 10.1. The van der Waals surface area contributed by atoms with E-state index in [1.54, 1.807) is 6.20 Å². The molecule has 0 aliphatic carbocycles. The molecule has 2 aromatic heterocycles. The van der Waals surface area contributed by atoms with Crippen LogP contribution in [-0.4, -0.2) is 37.9 Å². The second-order valence-electron chi connectivity index (χ2n) is 6.72. The molecule has 0 saturated heterocycles. The van der Waals surface area contributed by atoms with E-state index in [-0.39, 0.29) is 0 Å². The first-order chi connectivity index (χ1) is 12.3. The molecule has 138 valence electrons. The fraction of sp³-hybridized carbons (Fsp3) is 0.389. The molecule has 0 aliphatic rings. The van der Waals surface area contributed by atoms with Gasteiger partial charge in [0, 0.05) is 23.0 Å². The first-order valence-electron chi connectivity index (χ1n) is 8.33. The van der Waals surface area contributed by atoms with Crippen molar-refractivity contribution >= 4 is 44.0 Å². The van der Waals surface area contributed by atoms with Crippen LogP contribution >= 0.6 is 15.9 Å². The van der Waals surface area contributed by atoms with Gasteiger partial charge in [0.2, 0.25) is 0 Å². The normalized spacial score (nSPS) is 12.0. The number of nitrogens with zero attached hydrogens (tertiary/aromatic N) is 3. The number of carbonyl (C=O) groups is 1. The van der Waals surface area contributed by atoms with Crippen molar-refractivity contribution in [3.8, 4) is 0 Å². The number of imidazole rings is 1. The molecule has 2 N–H and O–H groups in total. The van der Waals surface area contributed by atoms with Gasteiger partial charge >= 0.3 is 6.09 Å². The first kappa shape index (κ1) is 18.6. The molecule has 1 amide bonds. The Hall–Kier alpha value is -2.19. The average molecular weight is 421 g/mol. The molecule has 0 fully saturated rings. The van der Waals surface area contributed by atoms with Crippen LogP contribution < -0.4 is 5.32 Å². The Balaban J connectivity index is 2.19. The smallest absolute Gasteiger partial charge is 0.405 e. The van der Waals surface area contributed by atoms with E-state index in [4.69, 9.17) is 9.84 Å². The van der Waals surface area contributed by atoms with Crippen molar-refractivity contribution in [2.75, 3.05) is 6.61 Å². The number of ether oxygens (including phenoxy) is 1. The number of carboxylic acid groups (broad SMARTS) is 1. The summed E-state index contributed by atoms with van der Waals surface area (Å²) in [6, 6.07) is 5.91. The molecule has 3 rings (SSSR count). The second kappa shape index (κ2) is 7.20. The lowest BCUT2D eigenvalue weighted by molar-refractivity contribution is 0.124. The van der Waals surface area contributed by atoms with Crippen LogP contribution in [0.1, 0.15) is 26.6 Å². The van der Waals surface area contributed by atoms with Gasteiger partial charge in [-0.3, -0.25) is 4.98 Å². The third kappa shape index (κ3) is 3.81. The van der Waals surface area contributed by atoms with Gasteiger partial charge in [-0.05, 0) is 39.0 Å². The third-order valence-corrected chi connectivity index (χ3v) is 4.54. The van der Waals surface area contributed by atoms with Gasteiger partial charge < -0.3 is 19.7 Å². The van der Waals surface area contributed by atoms with E-state index < -0.39 is 11.6 Å². The number of fused-ring (bicyclic) bond motifs is 3. The zero-order valence-corrected chi connectivity index (χ0v) is 16.5. The van der Waals surface area contributed by atoms with Gasteiger partial charge in [0.15, 0.2) is 0 Å². The fourth-order valence-corrected chi connectivity index (χ4v) is 3.38. The lowest BCUT2D eigenvalue weighted by Gasteiger charge is -2.26. The van der Waals surface area contributed by atoms with E-state index in [0.29, 0.717) is 19.8 Å². The lowest BCUT2D eigenvalue weighted by Crippen LogP contribution is -2.46. The van der Waals surface area contributed by atoms with Gasteiger partial charge in [-0.1, -0.05) is 15.9 Å². The van der Waals surface area contributed by atoms with Crippen molar-refractivity contribution in [2.24, 2.45) is 0 Å². The van der Waals surface area contributed by atoms with Crippen molar-refractivity contribution in [2.45, 2.75) is 39.5 Å². The zero-order valence-electron chi connectivity index (χ0n) is 14.9. The van der Waals surface area contributed by atoms with Crippen molar-refractivity contribution < 1.29 is 14.6 Å². The van der Waals surface area contributed by atoms with Crippen LogP contribution in [0, 0.1) is 0 Å². The molecular weight excluding hydrogens is 400 g/mol. The molecule has 0 unspecified atom stereocenters. The number of halogens is 1. The number of amides is 1. The summed E-state index contributed by atoms with van der Waals surface area (Å²) < 4.78 is 8.54. The molecule has 0 bridgehead atoms. The largest absolute Gasteiger partial charge is 0.465 e. The number of benzene rings is 1. The molecule has 26 heavy (non-hydrogen) atoms. The summed E-state index contributed by atoms with van der Waals surface area (Å²) >= 11 is 3.47. The van der Waals surface area contributed by atoms with Crippen LogP contribution in [0.2, 0.25) is 0 Å². The van der Waals surface area contributed by atoms with Gasteiger partial charge in [0.05, 0.1) is 22.8 Å². The van der Waals surface area contributed by atoms with Crippen LogP contribution in [0.3, 0.4) is 0 Å². The van der Waals surface area contributed by atoms with Gasteiger partial charge in [-0.15, -0.1) is 0 Å². The molecular formula is C18H21BrN4O3. The predicted molar refractivity (Wildman–Crippen MR) is 103 cm³/mol. The molecule has 8 heteroatoms. The van der Waals surface area contributed by atoms with E-state index in [1.165, 1.54) is 0 Å². The zero-order chi connectivity index (χ0) is 18.9. The Kier molecular flexibility index (Phi) is 5.15. The molecule has 3 aromatic rings. The summed E-state index contributed by atoms with van der Waals surface area (Å²) in [5.41, 5.74) is 1.86. The minimum atomic E-state index is -1.05. The summed E-state index contributed by atoms with van der Waals surface area (Å²) in [7, 11) is 0. The topological polar surface area (TPSA) is 89.3 Å². The van der Waals surface area contributed by atoms with E-state index in [9.17, 15) is 4.79 Å². The number of pyridine rings is 1. The van der Waals surface area contributed by atoms with Crippen LogP contribution in [-0.2, 0) is 17.9 Å². The summed E-state index contributed by atoms with van der Waals surface area (Å²) in [5.74, 6) is 0.749. The number of aromatic nitrogens is 3. The highest BCUT2D eigenvalue weighted by atomic mass is 79.9. The highest BCUT2D eigenvalue weighted by Crippen LogP contribution is 2.28. The van der Waals surface area contributed by atoms with Crippen molar-refractivity contribution in [3.63, 3.8) is 0 Å². The number of rotatable bonds is 6. The van der Waals surface area contributed by atoms with Gasteiger partial charge in [-0.2, -0.15) is 0 Å². The monoisotopic (exact) mass is 420 g/mol. The van der Waals surface area contributed by atoms with Gasteiger partial charge in [-0.25, -0.2) is 9.78 Å². The third-order valence-electron chi connectivity index (χ3n) is 4.05. The van der Waals surface area contributed by atoms with Crippen LogP contribution in [0.5, 0.6) is 0 Å². The fourth-order valence-electron chi connectivity index (χ4n) is 3.03. The predicted octanol–water partition coefficient (Wildman–Crippen LogP) is 3.93. The van der Waals surface area contributed by atoms with E-state index >= 15 is 0 Å². The second-order valence-corrected chi connectivity index (χ2v) is 7.63. The molecule has 0 radical (unpaired) electrons. The Bertz CT molecular complexity index is 968. The average Bonchev–Trinajstić information content (AvgIpc) is 2.88. The van der Waals surface area contributed by atoms with Crippen LogP contribution in [0.15, 0.2) is 28.9 Å². The van der Waals surface area contributed by atoms with E-state index in [2.05, 4.69) is 31.2 Å². The van der Waals surface area contributed by atoms with Crippen LogP contribution in [0.25, 0.3) is 21.9 Å². The number of hydrogen-bond donors (Lipinski definition) is 2. The standard InChI is InChI=1S/C18H21BrN4O3/c1-4-26-9-15-21-14-8-20-13-7-11(19)5-6-12(13)16(14)23(15)10-18(2,3)22-17(24)25/h5-8,22H,4,9-10H2,1-3H3,(H,24,25). The quantitative estimate of drug-likeness (QED) is 0.630. The minimum absolute atomic E-state index is 0.354. The number of hydrogen-bond acceptors (Lipinski definition) is 4. The van der Waals surface area contributed by atoms with Gasteiger partial charge in [0.1, 0.15) is 17.9 Å². The molecule has 0 aliphatic heterocycles. The van der Waals surface area contributed by atoms with Crippen molar-refractivity contribution in [3.05, 3.63) is 34.7 Å². The highest BCUT2D eigenvalue weighted by Gasteiger charge is 2.25. The van der Waals surface area contributed by atoms with Gasteiger partial charge in [0.25, 0.3) is 0 Å². The molecule has 0 atom stereocenters. The summed E-state index contributed by atoms with van der Waals surface area (Å²) in [4.78, 5) is 20.3. The van der Waals surface area contributed by atoms with Crippen LogP contribution in [0.4, 0.5) is 4.79 Å². The maximum atomic E-state index is 11.1. The summed E-state index contributed by atoms with van der Waals surface area (Å²) in [6.45, 7) is 6.97. The molecule has 1 aromatic carbocycles. The number of nitrogens with one attached hydrogen (secondary N) is 1. The van der Waals surface area contributed by atoms with E-state index in [1.807, 2.05) is 43.5 Å². The van der Waals surface area contributed by atoms with Crippen molar-refractivity contribution in [1.82, 2.24) is 19.9 Å². The highest BCUT2D eigenvalue weighted by molar-refractivity contribution is 9.10. The summed E-state index contributed by atoms with van der Waals surface area (Å²) in [5, 5.41) is 12.7. The first-order valence-corrected chi connectivity index (χ1v) is 9.12. The Labute approximate surface area is 159 Å².